The molecule has 1 atom stereocenters. The highest BCUT2D eigenvalue weighted by atomic mass is 35.5. The molecule has 0 aliphatic carbocycles. The van der Waals surface area contributed by atoms with E-state index in [1.165, 1.54) is 0 Å². The van der Waals surface area contributed by atoms with Crippen LogP contribution in [-0.4, -0.2) is 23.7 Å². The van der Waals surface area contributed by atoms with Crippen molar-refractivity contribution < 1.29 is 14.3 Å². The third-order valence-corrected chi connectivity index (χ3v) is 2.65. The van der Waals surface area contributed by atoms with Gasteiger partial charge in [0.05, 0.1) is 17.5 Å². The van der Waals surface area contributed by atoms with E-state index in [4.69, 9.17) is 16.3 Å². The normalized spacial score (nSPS) is 12.0. The molecular formula is C13H15ClO3. The molecule has 1 unspecified atom stereocenters. The van der Waals surface area contributed by atoms with E-state index < -0.39 is 11.3 Å². The molecule has 0 bridgehead atoms. The van der Waals surface area contributed by atoms with Crippen molar-refractivity contribution in [1.82, 2.24) is 0 Å². The quantitative estimate of drug-likeness (QED) is 0.471. The van der Waals surface area contributed by atoms with E-state index in [1.54, 1.807) is 39.0 Å². The highest BCUT2D eigenvalue weighted by molar-refractivity contribution is 6.33. The molecule has 1 aromatic carbocycles. The number of esters is 1. The zero-order chi connectivity index (χ0) is 13.0. The Morgan fingerprint density at radius 1 is 1.35 bits per heavy atom. The van der Waals surface area contributed by atoms with Crippen molar-refractivity contribution in [3.8, 4) is 0 Å². The van der Waals surface area contributed by atoms with Gasteiger partial charge in [0.1, 0.15) is 0 Å². The summed E-state index contributed by atoms with van der Waals surface area (Å²) in [5.74, 6) is -0.600. The number of carbonyl (C=O) groups is 2. The first-order valence-electron chi connectivity index (χ1n) is 5.44. The van der Waals surface area contributed by atoms with Crippen LogP contribution in [0.4, 0.5) is 0 Å². The summed E-state index contributed by atoms with van der Waals surface area (Å²) < 4.78 is 4.92. The summed E-state index contributed by atoms with van der Waals surface area (Å²) in [6, 6.07) is 4.97. The van der Waals surface area contributed by atoms with Gasteiger partial charge in [0.2, 0.25) is 0 Å². The lowest BCUT2D eigenvalue weighted by Gasteiger charge is -2.10. The summed E-state index contributed by atoms with van der Waals surface area (Å²) in [5, 5.41) is -0.605. The van der Waals surface area contributed by atoms with Gasteiger partial charge in [0.25, 0.3) is 0 Å². The molecule has 0 aromatic heterocycles. The van der Waals surface area contributed by atoms with Crippen LogP contribution in [-0.2, 0) is 4.74 Å². The van der Waals surface area contributed by atoms with Gasteiger partial charge in [-0.15, -0.1) is 11.6 Å². The predicted octanol–water partition coefficient (Wildman–Crippen LogP) is 2.98. The number of rotatable bonds is 4. The van der Waals surface area contributed by atoms with Gasteiger partial charge < -0.3 is 4.74 Å². The molecule has 0 saturated heterocycles. The number of alkyl halides is 1. The lowest BCUT2D eigenvalue weighted by Crippen LogP contribution is -2.15. The van der Waals surface area contributed by atoms with E-state index in [0.717, 1.165) is 0 Å². The van der Waals surface area contributed by atoms with Crippen molar-refractivity contribution in [3.63, 3.8) is 0 Å². The van der Waals surface area contributed by atoms with E-state index in [9.17, 15) is 9.59 Å². The van der Waals surface area contributed by atoms with Crippen molar-refractivity contribution >= 4 is 23.4 Å². The molecule has 0 heterocycles. The molecular weight excluding hydrogens is 240 g/mol. The Labute approximate surface area is 106 Å². The van der Waals surface area contributed by atoms with Crippen LogP contribution in [0.5, 0.6) is 0 Å². The Balaban J connectivity index is 3.16. The number of carbonyl (C=O) groups excluding carboxylic acids is 2. The molecule has 1 aromatic rings. The van der Waals surface area contributed by atoms with Gasteiger partial charge in [-0.1, -0.05) is 12.1 Å². The Morgan fingerprint density at radius 2 is 1.94 bits per heavy atom. The molecule has 4 heteroatoms. The van der Waals surface area contributed by atoms with Crippen LogP contribution in [0.1, 0.15) is 40.1 Å². The van der Waals surface area contributed by atoms with Gasteiger partial charge in [0.15, 0.2) is 5.78 Å². The van der Waals surface area contributed by atoms with E-state index >= 15 is 0 Å². The van der Waals surface area contributed by atoms with Crippen LogP contribution in [0.15, 0.2) is 18.2 Å². The minimum atomic E-state index is -0.605. The van der Waals surface area contributed by atoms with Gasteiger partial charge in [-0.3, -0.25) is 4.79 Å². The van der Waals surface area contributed by atoms with E-state index in [1.807, 2.05) is 0 Å². The number of benzene rings is 1. The standard InChI is InChI=1S/C13H15ClO3/c1-4-17-13(16)11-7-5-6-10(8(11)2)12(15)9(3)14/h5-7,9H,4H2,1-3H3. The van der Waals surface area contributed by atoms with Gasteiger partial charge in [-0.25, -0.2) is 4.79 Å². The van der Waals surface area contributed by atoms with E-state index in [-0.39, 0.29) is 5.78 Å². The molecule has 92 valence electrons. The van der Waals surface area contributed by atoms with Crippen molar-refractivity contribution in [1.29, 1.82) is 0 Å². The summed E-state index contributed by atoms with van der Waals surface area (Å²) in [6.07, 6.45) is 0. The molecule has 17 heavy (non-hydrogen) atoms. The molecule has 0 N–H and O–H groups in total. The smallest absolute Gasteiger partial charge is 0.338 e. The van der Waals surface area contributed by atoms with Gasteiger partial charge in [-0.2, -0.15) is 0 Å². The summed E-state index contributed by atoms with van der Waals surface area (Å²) in [7, 11) is 0. The van der Waals surface area contributed by atoms with Crippen LogP contribution in [0, 0.1) is 6.92 Å². The number of hydrogen-bond donors (Lipinski definition) is 0. The fourth-order valence-electron chi connectivity index (χ4n) is 1.55. The number of hydrogen-bond acceptors (Lipinski definition) is 3. The number of Topliss-reactive ketones (excluding diaryl/α,β-unsaturated/α-hetero) is 1. The van der Waals surface area contributed by atoms with Crippen molar-refractivity contribution in [2.75, 3.05) is 6.61 Å². The first-order chi connectivity index (χ1) is 7.99. The van der Waals surface area contributed by atoms with Gasteiger partial charge in [-0.05, 0) is 32.4 Å². The minimum Gasteiger partial charge on any atom is -0.462 e. The Bertz CT molecular complexity index is 438. The average molecular weight is 255 g/mol. The average Bonchev–Trinajstić information content (AvgIpc) is 2.28. The van der Waals surface area contributed by atoms with Gasteiger partial charge in [0, 0.05) is 5.56 Å². The van der Waals surface area contributed by atoms with Crippen molar-refractivity contribution in [2.24, 2.45) is 0 Å². The second-order valence-electron chi connectivity index (χ2n) is 3.68. The molecule has 1 rings (SSSR count). The monoisotopic (exact) mass is 254 g/mol. The zero-order valence-corrected chi connectivity index (χ0v) is 10.9. The summed E-state index contributed by atoms with van der Waals surface area (Å²) in [5.41, 5.74) is 1.50. The Morgan fingerprint density at radius 3 is 2.47 bits per heavy atom. The first kappa shape index (κ1) is 13.7. The molecule has 0 aliphatic rings. The van der Waals surface area contributed by atoms with Crippen molar-refractivity contribution in [2.45, 2.75) is 26.1 Å². The van der Waals surface area contributed by atoms with E-state index in [0.29, 0.717) is 23.3 Å². The lowest BCUT2D eigenvalue weighted by molar-refractivity contribution is 0.0525. The summed E-state index contributed by atoms with van der Waals surface area (Å²) >= 11 is 5.76. The highest BCUT2D eigenvalue weighted by Crippen LogP contribution is 2.18. The molecule has 0 amide bonds. The van der Waals surface area contributed by atoms with Gasteiger partial charge >= 0.3 is 5.97 Å². The first-order valence-corrected chi connectivity index (χ1v) is 5.87. The second-order valence-corrected chi connectivity index (χ2v) is 4.33. The lowest BCUT2D eigenvalue weighted by atomic mass is 9.98. The van der Waals surface area contributed by atoms with Crippen LogP contribution in [0.25, 0.3) is 0 Å². The number of ether oxygens (including phenoxy) is 1. The minimum absolute atomic E-state index is 0.185. The summed E-state index contributed by atoms with van der Waals surface area (Å²) in [6.45, 7) is 5.38. The molecule has 0 spiro atoms. The molecule has 0 fully saturated rings. The summed E-state index contributed by atoms with van der Waals surface area (Å²) in [4.78, 5) is 23.5. The molecule has 0 aliphatic heterocycles. The van der Waals surface area contributed by atoms with E-state index in [2.05, 4.69) is 0 Å². The Hall–Kier alpha value is -1.35. The van der Waals surface area contributed by atoms with Crippen LogP contribution in [0.3, 0.4) is 0 Å². The topological polar surface area (TPSA) is 43.4 Å². The Kier molecular flexibility index (Phi) is 4.70. The molecule has 0 radical (unpaired) electrons. The third kappa shape index (κ3) is 3.07. The highest BCUT2D eigenvalue weighted by Gasteiger charge is 2.19. The maximum Gasteiger partial charge on any atom is 0.338 e. The predicted molar refractivity (Wildman–Crippen MR) is 66.8 cm³/mol. The fourth-order valence-corrected chi connectivity index (χ4v) is 1.66. The SMILES string of the molecule is CCOC(=O)c1cccc(C(=O)C(C)Cl)c1C. The maximum atomic E-state index is 11.8. The molecule has 3 nitrogen and oxygen atoms in total. The molecule has 0 saturated carbocycles. The van der Waals surface area contributed by atoms with Crippen LogP contribution < -0.4 is 0 Å². The second kappa shape index (κ2) is 5.82. The largest absolute Gasteiger partial charge is 0.462 e. The third-order valence-electron chi connectivity index (χ3n) is 2.46. The zero-order valence-electron chi connectivity index (χ0n) is 10.1. The maximum absolute atomic E-state index is 11.8. The fraction of sp³-hybridized carbons (Fsp3) is 0.385. The van der Waals surface area contributed by atoms with Crippen LogP contribution >= 0.6 is 11.6 Å². The van der Waals surface area contributed by atoms with Crippen molar-refractivity contribution in [3.05, 3.63) is 34.9 Å². The number of halogens is 1. The number of ketones is 1. The van der Waals surface area contributed by atoms with Crippen LogP contribution in [0.2, 0.25) is 0 Å².